The van der Waals surface area contributed by atoms with Crippen LogP contribution in [0.15, 0.2) is 12.3 Å². The highest BCUT2D eigenvalue weighted by Crippen LogP contribution is 2.17. The molecular weight excluding hydrogens is 257 g/mol. The third-order valence-corrected chi connectivity index (χ3v) is 2.06. The molecular formula is C7H6INO2. The van der Waals surface area contributed by atoms with Gasteiger partial charge >= 0.3 is 0 Å². The molecule has 0 radical (unpaired) electrons. The van der Waals surface area contributed by atoms with Crippen LogP contribution in [-0.2, 0) is 0 Å². The Kier molecular flexibility index (Phi) is 2.43. The van der Waals surface area contributed by atoms with E-state index >= 15 is 0 Å². The number of Topliss-reactive ketones (excluding diaryl/α,β-unsaturated/α-hetero) is 1. The van der Waals surface area contributed by atoms with Crippen LogP contribution < -0.4 is 0 Å². The molecule has 4 heteroatoms. The minimum Gasteiger partial charge on any atom is -0.505 e. The minimum absolute atomic E-state index is 0.0540. The van der Waals surface area contributed by atoms with Crippen molar-refractivity contribution in [3.05, 3.63) is 21.5 Å². The molecule has 1 rings (SSSR count). The van der Waals surface area contributed by atoms with Crippen molar-refractivity contribution in [1.29, 1.82) is 0 Å². The lowest BCUT2D eigenvalue weighted by atomic mass is 10.2. The van der Waals surface area contributed by atoms with Crippen molar-refractivity contribution >= 4 is 28.4 Å². The maximum absolute atomic E-state index is 10.8. The molecule has 0 fully saturated rings. The zero-order valence-corrected chi connectivity index (χ0v) is 7.99. The van der Waals surface area contributed by atoms with E-state index in [1.807, 2.05) is 22.6 Å². The van der Waals surface area contributed by atoms with Crippen LogP contribution in [0, 0.1) is 3.70 Å². The number of hydrogen-bond donors (Lipinski definition) is 1. The zero-order chi connectivity index (χ0) is 8.43. The minimum atomic E-state index is -0.0933. The Hall–Kier alpha value is -0.650. The summed E-state index contributed by atoms with van der Waals surface area (Å²) in [4.78, 5) is 14.6. The first-order chi connectivity index (χ1) is 5.11. The first-order valence-electron chi connectivity index (χ1n) is 2.96. The number of ketones is 1. The Morgan fingerprint density at radius 1 is 1.73 bits per heavy atom. The van der Waals surface area contributed by atoms with E-state index in [2.05, 4.69) is 4.98 Å². The number of aromatic hydroxyl groups is 1. The number of aromatic nitrogens is 1. The molecule has 0 aliphatic carbocycles. The molecule has 58 valence electrons. The van der Waals surface area contributed by atoms with Crippen molar-refractivity contribution in [1.82, 2.24) is 4.98 Å². The monoisotopic (exact) mass is 263 g/mol. The Morgan fingerprint density at radius 2 is 2.36 bits per heavy atom. The van der Waals surface area contributed by atoms with Crippen molar-refractivity contribution in [2.75, 3.05) is 0 Å². The molecule has 0 bridgehead atoms. The van der Waals surface area contributed by atoms with Gasteiger partial charge in [-0.2, -0.15) is 0 Å². The first-order valence-corrected chi connectivity index (χ1v) is 4.04. The molecule has 11 heavy (non-hydrogen) atoms. The molecule has 3 nitrogen and oxygen atoms in total. The Labute approximate surface area is 77.6 Å². The molecule has 0 aromatic carbocycles. The molecule has 1 heterocycles. The number of carbonyl (C=O) groups is 1. The summed E-state index contributed by atoms with van der Waals surface area (Å²) < 4.78 is 0.507. The van der Waals surface area contributed by atoms with Gasteiger partial charge in [-0.05, 0) is 35.6 Å². The van der Waals surface area contributed by atoms with Crippen molar-refractivity contribution in [2.45, 2.75) is 6.92 Å². The van der Waals surface area contributed by atoms with Gasteiger partial charge in [0, 0.05) is 11.8 Å². The van der Waals surface area contributed by atoms with E-state index in [4.69, 9.17) is 5.11 Å². The van der Waals surface area contributed by atoms with Gasteiger partial charge in [0.15, 0.2) is 5.78 Å². The summed E-state index contributed by atoms with van der Waals surface area (Å²) in [6.45, 7) is 1.43. The van der Waals surface area contributed by atoms with Crippen LogP contribution in [0.2, 0.25) is 0 Å². The second-order valence-corrected chi connectivity index (χ2v) is 3.11. The van der Waals surface area contributed by atoms with Crippen LogP contribution in [0.5, 0.6) is 5.75 Å². The van der Waals surface area contributed by atoms with Crippen LogP contribution in [0.4, 0.5) is 0 Å². The second kappa shape index (κ2) is 3.17. The topological polar surface area (TPSA) is 50.2 Å². The van der Waals surface area contributed by atoms with E-state index in [-0.39, 0.29) is 11.5 Å². The van der Waals surface area contributed by atoms with Crippen molar-refractivity contribution in [3.63, 3.8) is 0 Å². The number of pyridine rings is 1. The number of hydrogen-bond acceptors (Lipinski definition) is 3. The summed E-state index contributed by atoms with van der Waals surface area (Å²) in [7, 11) is 0. The average molecular weight is 263 g/mol. The molecule has 0 aliphatic rings. The molecule has 1 aromatic heterocycles. The lowest BCUT2D eigenvalue weighted by molar-refractivity contribution is 0.101. The van der Waals surface area contributed by atoms with Crippen LogP contribution in [0.3, 0.4) is 0 Å². The molecule has 1 N–H and O–H groups in total. The molecule has 0 atom stereocenters. The fraction of sp³-hybridized carbons (Fsp3) is 0.143. The highest BCUT2D eigenvalue weighted by Gasteiger charge is 2.03. The lowest BCUT2D eigenvalue weighted by Gasteiger charge is -1.97. The van der Waals surface area contributed by atoms with E-state index in [1.165, 1.54) is 19.2 Å². The van der Waals surface area contributed by atoms with Gasteiger partial charge in [-0.3, -0.25) is 4.79 Å². The summed E-state index contributed by atoms with van der Waals surface area (Å²) in [5, 5.41) is 9.13. The average Bonchev–Trinajstić information content (AvgIpc) is 1.94. The molecule has 0 aliphatic heterocycles. The molecule has 1 aromatic rings. The van der Waals surface area contributed by atoms with Gasteiger partial charge in [0.2, 0.25) is 0 Å². The largest absolute Gasteiger partial charge is 0.505 e. The van der Waals surface area contributed by atoms with Crippen LogP contribution >= 0.6 is 22.6 Å². The molecule has 0 unspecified atom stereocenters. The maximum Gasteiger partial charge on any atom is 0.161 e. The quantitative estimate of drug-likeness (QED) is 0.475. The third-order valence-electron chi connectivity index (χ3n) is 1.23. The van der Waals surface area contributed by atoms with E-state index in [9.17, 15) is 4.79 Å². The van der Waals surface area contributed by atoms with E-state index in [0.29, 0.717) is 9.26 Å². The van der Waals surface area contributed by atoms with Crippen molar-refractivity contribution < 1.29 is 9.90 Å². The number of carbonyl (C=O) groups excluding carboxylic acids is 1. The fourth-order valence-corrected chi connectivity index (χ4v) is 0.924. The van der Waals surface area contributed by atoms with E-state index < -0.39 is 0 Å². The normalized spacial score (nSPS) is 9.64. The van der Waals surface area contributed by atoms with E-state index in [0.717, 1.165) is 0 Å². The van der Waals surface area contributed by atoms with Gasteiger partial charge in [0.1, 0.15) is 9.45 Å². The third kappa shape index (κ3) is 1.89. The molecule has 0 spiro atoms. The first kappa shape index (κ1) is 8.45. The molecule has 0 saturated heterocycles. The van der Waals surface area contributed by atoms with Gasteiger partial charge in [-0.1, -0.05) is 0 Å². The van der Waals surface area contributed by atoms with E-state index in [1.54, 1.807) is 0 Å². The number of halogens is 1. The Bertz CT molecular complexity index is 298. The highest BCUT2D eigenvalue weighted by atomic mass is 127. The number of rotatable bonds is 1. The SMILES string of the molecule is CC(=O)c1cnc(I)c(O)c1. The Morgan fingerprint density at radius 3 is 2.82 bits per heavy atom. The second-order valence-electron chi connectivity index (χ2n) is 2.09. The van der Waals surface area contributed by atoms with Crippen molar-refractivity contribution in [2.24, 2.45) is 0 Å². The van der Waals surface area contributed by atoms with Crippen LogP contribution in [0.25, 0.3) is 0 Å². The van der Waals surface area contributed by atoms with Crippen molar-refractivity contribution in [3.8, 4) is 5.75 Å². The van der Waals surface area contributed by atoms with Gasteiger partial charge in [-0.25, -0.2) is 4.98 Å². The predicted molar refractivity (Wildman–Crippen MR) is 48.6 cm³/mol. The fourth-order valence-electron chi connectivity index (χ4n) is 0.629. The lowest BCUT2D eigenvalue weighted by Crippen LogP contribution is -1.93. The summed E-state index contributed by atoms with van der Waals surface area (Å²) in [6.07, 6.45) is 1.45. The summed E-state index contributed by atoms with van der Waals surface area (Å²) in [5.74, 6) is -0.0394. The Balaban J connectivity index is 3.15. The van der Waals surface area contributed by atoms with Gasteiger partial charge < -0.3 is 5.11 Å². The summed E-state index contributed by atoms with van der Waals surface area (Å²) in [5.41, 5.74) is 0.433. The maximum atomic E-state index is 10.8. The summed E-state index contributed by atoms with van der Waals surface area (Å²) in [6, 6.07) is 1.41. The van der Waals surface area contributed by atoms with Gasteiger partial charge in [0.25, 0.3) is 0 Å². The number of nitrogens with zero attached hydrogens (tertiary/aromatic N) is 1. The smallest absolute Gasteiger partial charge is 0.161 e. The molecule has 0 saturated carbocycles. The van der Waals surface area contributed by atoms with Crippen LogP contribution in [-0.4, -0.2) is 15.9 Å². The standard InChI is InChI=1S/C7H6INO2/c1-4(10)5-2-6(11)7(8)9-3-5/h2-3,11H,1H3. The van der Waals surface area contributed by atoms with Crippen LogP contribution in [0.1, 0.15) is 17.3 Å². The van der Waals surface area contributed by atoms with Gasteiger partial charge in [0.05, 0.1) is 0 Å². The van der Waals surface area contributed by atoms with Gasteiger partial charge in [-0.15, -0.1) is 0 Å². The highest BCUT2D eigenvalue weighted by molar-refractivity contribution is 14.1. The zero-order valence-electron chi connectivity index (χ0n) is 5.84. The predicted octanol–water partition coefficient (Wildman–Crippen LogP) is 1.59. The molecule has 0 amide bonds. The summed E-state index contributed by atoms with van der Waals surface area (Å²) >= 11 is 1.89.